The third-order valence-electron chi connectivity index (χ3n) is 6.63. The van der Waals surface area contributed by atoms with E-state index in [2.05, 4.69) is 56.1 Å². The van der Waals surface area contributed by atoms with Crippen LogP contribution in [0.3, 0.4) is 0 Å². The summed E-state index contributed by atoms with van der Waals surface area (Å²) >= 11 is 0. The zero-order valence-corrected chi connectivity index (χ0v) is 18.0. The molecule has 7 heteroatoms. The Hall–Kier alpha value is -2.67. The summed E-state index contributed by atoms with van der Waals surface area (Å²) in [5.41, 5.74) is 4.33. The average Bonchev–Trinajstić information content (AvgIpc) is 3.42. The number of benzene rings is 1. The van der Waals surface area contributed by atoms with Gasteiger partial charge in [-0.05, 0) is 37.9 Å². The molecule has 158 valence electrons. The van der Waals surface area contributed by atoms with Gasteiger partial charge in [0.05, 0.1) is 5.39 Å². The summed E-state index contributed by atoms with van der Waals surface area (Å²) in [7, 11) is 4.05. The topological polar surface area (TPSA) is 62.1 Å². The second-order valence-corrected chi connectivity index (χ2v) is 8.70. The molecule has 1 aromatic carbocycles. The fraction of sp³-hybridized carbons (Fsp3) is 0.522. The molecule has 0 atom stereocenters. The van der Waals surface area contributed by atoms with E-state index in [1.165, 1.54) is 31.4 Å². The van der Waals surface area contributed by atoms with Gasteiger partial charge in [0, 0.05) is 57.2 Å². The van der Waals surface area contributed by atoms with Crippen LogP contribution in [0.15, 0.2) is 30.5 Å². The molecule has 0 amide bonds. The maximum atomic E-state index is 5.02. The fourth-order valence-electron chi connectivity index (χ4n) is 4.75. The Morgan fingerprint density at radius 2 is 1.77 bits per heavy atom. The summed E-state index contributed by atoms with van der Waals surface area (Å²) in [5, 5.41) is 9.11. The van der Waals surface area contributed by atoms with Gasteiger partial charge in [0.1, 0.15) is 5.69 Å². The summed E-state index contributed by atoms with van der Waals surface area (Å²) in [4.78, 5) is 14.1. The SMILES string of the molecule is CNc1ncc2c(-c3ccc(N4CCN(C)CC4)cc3)nn(CC3CCCC3)c2n1. The number of anilines is 2. The van der Waals surface area contributed by atoms with Crippen LogP contribution >= 0.6 is 0 Å². The average molecular weight is 406 g/mol. The molecule has 0 unspecified atom stereocenters. The number of rotatable bonds is 5. The van der Waals surface area contributed by atoms with E-state index in [1.807, 2.05) is 13.2 Å². The summed E-state index contributed by atoms with van der Waals surface area (Å²) < 4.78 is 2.11. The van der Waals surface area contributed by atoms with Gasteiger partial charge in [0.15, 0.2) is 5.65 Å². The molecular formula is C23H31N7. The molecule has 1 saturated heterocycles. The zero-order valence-electron chi connectivity index (χ0n) is 18.0. The third-order valence-corrected chi connectivity index (χ3v) is 6.63. The van der Waals surface area contributed by atoms with E-state index >= 15 is 0 Å². The maximum absolute atomic E-state index is 5.02. The molecule has 1 aliphatic carbocycles. The van der Waals surface area contributed by atoms with Gasteiger partial charge in [-0.2, -0.15) is 10.1 Å². The van der Waals surface area contributed by atoms with Crippen molar-refractivity contribution in [1.82, 2.24) is 24.6 Å². The lowest BCUT2D eigenvalue weighted by molar-refractivity contribution is 0.313. The van der Waals surface area contributed by atoms with Crippen LogP contribution in [0.4, 0.5) is 11.6 Å². The van der Waals surface area contributed by atoms with Crippen LogP contribution in [0.2, 0.25) is 0 Å². The van der Waals surface area contributed by atoms with Crippen molar-refractivity contribution in [3.63, 3.8) is 0 Å². The molecule has 2 aliphatic rings. The lowest BCUT2D eigenvalue weighted by Gasteiger charge is -2.34. The number of nitrogens with one attached hydrogen (secondary N) is 1. The van der Waals surface area contributed by atoms with Crippen LogP contribution < -0.4 is 10.2 Å². The molecule has 0 radical (unpaired) electrons. The lowest BCUT2D eigenvalue weighted by atomic mass is 10.1. The normalized spacial score (nSPS) is 18.4. The van der Waals surface area contributed by atoms with Crippen molar-refractivity contribution in [2.24, 2.45) is 5.92 Å². The lowest BCUT2D eigenvalue weighted by Crippen LogP contribution is -2.44. The van der Waals surface area contributed by atoms with Gasteiger partial charge in [-0.1, -0.05) is 25.0 Å². The molecule has 1 N–H and O–H groups in total. The molecule has 3 aromatic rings. The number of piperazine rings is 1. The van der Waals surface area contributed by atoms with Crippen LogP contribution in [0.1, 0.15) is 25.7 Å². The Kier molecular flexibility index (Phi) is 5.29. The predicted molar refractivity (Wildman–Crippen MR) is 122 cm³/mol. The number of hydrogen-bond donors (Lipinski definition) is 1. The van der Waals surface area contributed by atoms with Crippen molar-refractivity contribution in [3.05, 3.63) is 30.5 Å². The molecule has 1 saturated carbocycles. The molecule has 30 heavy (non-hydrogen) atoms. The van der Waals surface area contributed by atoms with Gasteiger partial charge in [-0.3, -0.25) is 0 Å². The number of fused-ring (bicyclic) bond motifs is 1. The van der Waals surface area contributed by atoms with Crippen LogP contribution in [-0.4, -0.2) is 64.9 Å². The standard InChI is InChI=1S/C23H31N7/c1-24-23-25-15-20-21(27-30(22(20)26-23)16-17-5-3-4-6-17)18-7-9-19(10-8-18)29-13-11-28(2)12-14-29/h7-10,15,17H,3-6,11-14,16H2,1-2H3,(H,24,25,26). The van der Waals surface area contributed by atoms with E-state index in [0.29, 0.717) is 11.9 Å². The molecule has 0 spiro atoms. The smallest absolute Gasteiger partial charge is 0.224 e. The molecule has 1 aliphatic heterocycles. The minimum atomic E-state index is 0.645. The minimum Gasteiger partial charge on any atom is -0.369 e. The highest BCUT2D eigenvalue weighted by Crippen LogP contribution is 2.32. The number of likely N-dealkylation sites (N-methyl/N-ethyl adjacent to an activating group) is 1. The fourth-order valence-corrected chi connectivity index (χ4v) is 4.75. The van der Waals surface area contributed by atoms with Crippen molar-refractivity contribution in [1.29, 1.82) is 0 Å². The zero-order chi connectivity index (χ0) is 20.5. The second kappa shape index (κ2) is 8.22. The highest BCUT2D eigenvalue weighted by molar-refractivity contribution is 5.91. The second-order valence-electron chi connectivity index (χ2n) is 8.70. The van der Waals surface area contributed by atoms with Crippen LogP contribution in [0, 0.1) is 5.92 Å². The first-order valence-corrected chi connectivity index (χ1v) is 11.2. The Morgan fingerprint density at radius 3 is 2.47 bits per heavy atom. The van der Waals surface area contributed by atoms with E-state index in [-0.39, 0.29) is 0 Å². The van der Waals surface area contributed by atoms with Crippen molar-refractivity contribution in [2.75, 3.05) is 50.5 Å². The predicted octanol–water partition coefficient (Wildman–Crippen LogP) is 3.48. The summed E-state index contributed by atoms with van der Waals surface area (Å²) in [6, 6.07) is 8.85. The van der Waals surface area contributed by atoms with Crippen molar-refractivity contribution in [3.8, 4) is 11.3 Å². The van der Waals surface area contributed by atoms with Crippen molar-refractivity contribution in [2.45, 2.75) is 32.2 Å². The third kappa shape index (κ3) is 3.74. The monoisotopic (exact) mass is 405 g/mol. The molecular weight excluding hydrogens is 374 g/mol. The molecule has 7 nitrogen and oxygen atoms in total. The molecule has 3 heterocycles. The maximum Gasteiger partial charge on any atom is 0.224 e. The van der Waals surface area contributed by atoms with Gasteiger partial charge >= 0.3 is 0 Å². The van der Waals surface area contributed by atoms with Gasteiger partial charge in [-0.25, -0.2) is 9.67 Å². The van der Waals surface area contributed by atoms with Crippen LogP contribution in [0.5, 0.6) is 0 Å². The summed E-state index contributed by atoms with van der Waals surface area (Å²) in [6.45, 7) is 5.33. The summed E-state index contributed by atoms with van der Waals surface area (Å²) in [5.74, 6) is 1.35. The van der Waals surface area contributed by atoms with Crippen molar-refractivity contribution >= 4 is 22.7 Å². The van der Waals surface area contributed by atoms with E-state index in [1.54, 1.807) is 0 Å². The van der Waals surface area contributed by atoms with Gasteiger partial charge < -0.3 is 15.1 Å². The van der Waals surface area contributed by atoms with Crippen LogP contribution in [-0.2, 0) is 6.54 Å². The summed E-state index contributed by atoms with van der Waals surface area (Å²) in [6.07, 6.45) is 7.17. The first-order valence-electron chi connectivity index (χ1n) is 11.2. The Bertz CT molecular complexity index is 996. The van der Waals surface area contributed by atoms with E-state index in [0.717, 1.165) is 55.0 Å². The first-order chi connectivity index (χ1) is 14.7. The van der Waals surface area contributed by atoms with Gasteiger partial charge in [-0.15, -0.1) is 0 Å². The van der Waals surface area contributed by atoms with E-state index < -0.39 is 0 Å². The van der Waals surface area contributed by atoms with Crippen molar-refractivity contribution < 1.29 is 0 Å². The quantitative estimate of drug-likeness (QED) is 0.701. The first kappa shape index (κ1) is 19.3. The van der Waals surface area contributed by atoms with Crippen LogP contribution in [0.25, 0.3) is 22.3 Å². The van der Waals surface area contributed by atoms with Gasteiger partial charge in [0.2, 0.25) is 5.95 Å². The molecule has 5 rings (SSSR count). The Labute approximate surface area is 178 Å². The largest absolute Gasteiger partial charge is 0.369 e. The molecule has 0 bridgehead atoms. The number of nitrogens with zero attached hydrogens (tertiary/aromatic N) is 6. The highest BCUT2D eigenvalue weighted by atomic mass is 15.3. The van der Waals surface area contributed by atoms with E-state index in [9.17, 15) is 0 Å². The Morgan fingerprint density at radius 1 is 1.03 bits per heavy atom. The minimum absolute atomic E-state index is 0.645. The number of aromatic nitrogens is 4. The molecule has 2 fully saturated rings. The van der Waals surface area contributed by atoms with Gasteiger partial charge in [0.25, 0.3) is 0 Å². The van der Waals surface area contributed by atoms with E-state index in [4.69, 9.17) is 10.1 Å². The molecule has 2 aromatic heterocycles. The number of hydrogen-bond acceptors (Lipinski definition) is 6. The highest BCUT2D eigenvalue weighted by Gasteiger charge is 2.21. The Balaban J connectivity index is 1.47.